The van der Waals surface area contributed by atoms with Gasteiger partial charge in [-0.15, -0.1) is 5.10 Å². The first-order valence-electron chi connectivity index (χ1n) is 9.59. The summed E-state index contributed by atoms with van der Waals surface area (Å²) in [5.74, 6) is -0.980. The number of fused-ring (bicyclic) bond motifs is 1. The first-order chi connectivity index (χ1) is 15.0. The number of carbonyl (C=O) groups is 3. The fourth-order valence-corrected chi connectivity index (χ4v) is 3.87. The molecule has 31 heavy (non-hydrogen) atoms. The lowest BCUT2D eigenvalue weighted by Gasteiger charge is -2.29. The van der Waals surface area contributed by atoms with Crippen molar-refractivity contribution in [3.05, 3.63) is 59.5 Å². The Hall–Kier alpha value is -4.39. The SMILES string of the molecule is N#Cc1cncc(-c2cn(-c3ccc4c(c3)CN(C3CCC(=O)NC3=O)C4=O)nn2)c1. The third-order valence-electron chi connectivity index (χ3n) is 5.43. The standard InChI is InChI=1S/C21H15N7O3/c22-7-12-5-13(9-23-8-12)17-11-28(26-25-17)15-1-2-16-14(6-15)10-27(21(16)31)18-3-4-19(29)24-20(18)30/h1-2,5-6,8-9,11,18H,3-4,10H2,(H,24,29,30). The van der Waals surface area contributed by atoms with Crippen LogP contribution in [-0.2, 0) is 16.1 Å². The summed E-state index contributed by atoms with van der Waals surface area (Å²) in [6.07, 6.45) is 5.33. The van der Waals surface area contributed by atoms with Gasteiger partial charge in [-0.05, 0) is 36.2 Å². The molecule has 0 spiro atoms. The number of nitriles is 1. The molecule has 1 N–H and O–H groups in total. The Bertz CT molecular complexity index is 1290. The van der Waals surface area contributed by atoms with Crippen LogP contribution in [0.25, 0.3) is 16.9 Å². The maximum absolute atomic E-state index is 12.8. The molecule has 0 saturated carbocycles. The second-order valence-corrected chi connectivity index (χ2v) is 7.36. The molecule has 2 aliphatic rings. The molecule has 152 valence electrons. The first kappa shape index (κ1) is 18.6. The Balaban J connectivity index is 1.41. The summed E-state index contributed by atoms with van der Waals surface area (Å²) in [4.78, 5) is 41.9. The average Bonchev–Trinajstić information content (AvgIpc) is 3.39. The van der Waals surface area contributed by atoms with Crippen LogP contribution in [0.1, 0.15) is 34.3 Å². The predicted molar refractivity (Wildman–Crippen MR) is 105 cm³/mol. The number of rotatable bonds is 3. The summed E-state index contributed by atoms with van der Waals surface area (Å²) in [7, 11) is 0. The van der Waals surface area contributed by atoms with Crippen molar-refractivity contribution < 1.29 is 14.4 Å². The van der Waals surface area contributed by atoms with Crippen LogP contribution in [0.15, 0.2) is 42.9 Å². The molecule has 1 aromatic carbocycles. The van der Waals surface area contributed by atoms with Crippen molar-refractivity contribution in [2.24, 2.45) is 0 Å². The number of hydrogen-bond donors (Lipinski definition) is 1. The van der Waals surface area contributed by atoms with Crippen LogP contribution >= 0.6 is 0 Å². The number of aromatic nitrogens is 4. The van der Waals surface area contributed by atoms with Gasteiger partial charge in [0.25, 0.3) is 5.91 Å². The minimum Gasteiger partial charge on any atom is -0.322 e. The normalized spacial score (nSPS) is 18.0. The van der Waals surface area contributed by atoms with Crippen molar-refractivity contribution in [3.8, 4) is 23.0 Å². The Morgan fingerprint density at radius 3 is 2.84 bits per heavy atom. The van der Waals surface area contributed by atoms with Gasteiger partial charge in [0, 0.05) is 36.5 Å². The highest BCUT2D eigenvalue weighted by Gasteiger charge is 2.39. The van der Waals surface area contributed by atoms with Gasteiger partial charge in [-0.2, -0.15) is 5.26 Å². The highest BCUT2D eigenvalue weighted by molar-refractivity contribution is 6.05. The van der Waals surface area contributed by atoms with E-state index in [0.717, 1.165) is 5.56 Å². The molecule has 0 aliphatic carbocycles. The van der Waals surface area contributed by atoms with Crippen molar-refractivity contribution in [1.29, 1.82) is 5.26 Å². The van der Waals surface area contributed by atoms with Crippen molar-refractivity contribution in [2.45, 2.75) is 25.4 Å². The number of hydrogen-bond acceptors (Lipinski definition) is 7. The van der Waals surface area contributed by atoms with E-state index < -0.39 is 11.9 Å². The molecule has 5 rings (SSSR count). The van der Waals surface area contributed by atoms with E-state index in [-0.39, 0.29) is 24.8 Å². The van der Waals surface area contributed by atoms with Gasteiger partial charge in [0.1, 0.15) is 17.8 Å². The molecule has 10 heteroatoms. The van der Waals surface area contributed by atoms with Crippen LogP contribution in [0.5, 0.6) is 0 Å². The molecule has 2 aliphatic heterocycles. The summed E-state index contributed by atoms with van der Waals surface area (Å²) < 4.78 is 1.58. The van der Waals surface area contributed by atoms with E-state index >= 15 is 0 Å². The fraction of sp³-hybridized carbons (Fsp3) is 0.190. The van der Waals surface area contributed by atoms with Crippen LogP contribution in [0.3, 0.4) is 0 Å². The van der Waals surface area contributed by atoms with Gasteiger partial charge in [0.2, 0.25) is 11.8 Å². The molecule has 0 bridgehead atoms. The van der Waals surface area contributed by atoms with E-state index in [1.807, 2.05) is 12.1 Å². The molecule has 2 aromatic heterocycles. The third-order valence-corrected chi connectivity index (χ3v) is 5.43. The topological polar surface area (TPSA) is 134 Å². The van der Waals surface area contributed by atoms with Crippen LogP contribution < -0.4 is 5.32 Å². The number of nitrogens with zero attached hydrogens (tertiary/aromatic N) is 6. The van der Waals surface area contributed by atoms with Crippen LogP contribution in [0.2, 0.25) is 0 Å². The summed E-state index contributed by atoms with van der Waals surface area (Å²) in [5, 5.41) is 19.6. The molecule has 3 amide bonds. The maximum atomic E-state index is 12.8. The summed E-state index contributed by atoms with van der Waals surface area (Å²) in [6, 6.07) is 8.37. The minimum atomic E-state index is -0.654. The molecule has 1 saturated heterocycles. The third kappa shape index (κ3) is 3.22. The molecule has 4 heterocycles. The predicted octanol–water partition coefficient (Wildman–Crippen LogP) is 0.962. The Morgan fingerprint density at radius 2 is 2.03 bits per heavy atom. The molecule has 1 atom stereocenters. The largest absolute Gasteiger partial charge is 0.322 e. The van der Waals surface area contributed by atoms with Gasteiger partial charge in [-0.1, -0.05) is 5.21 Å². The van der Waals surface area contributed by atoms with Crippen molar-refractivity contribution >= 4 is 17.7 Å². The molecule has 10 nitrogen and oxygen atoms in total. The van der Waals surface area contributed by atoms with Crippen LogP contribution in [0, 0.1) is 11.3 Å². The summed E-state index contributed by atoms with van der Waals surface area (Å²) in [5.41, 5.74) is 3.67. The quantitative estimate of drug-likeness (QED) is 0.632. The average molecular weight is 413 g/mol. The maximum Gasteiger partial charge on any atom is 0.255 e. The Kier molecular flexibility index (Phi) is 4.29. The summed E-state index contributed by atoms with van der Waals surface area (Å²) >= 11 is 0. The van der Waals surface area contributed by atoms with Gasteiger partial charge < -0.3 is 4.90 Å². The van der Waals surface area contributed by atoms with E-state index in [1.165, 1.54) is 11.1 Å². The second-order valence-electron chi connectivity index (χ2n) is 7.36. The Morgan fingerprint density at radius 1 is 1.16 bits per heavy atom. The number of carbonyl (C=O) groups excluding carboxylic acids is 3. The molecule has 0 radical (unpaired) electrons. The Labute approximate surface area is 176 Å². The highest BCUT2D eigenvalue weighted by Crippen LogP contribution is 2.29. The van der Waals surface area contributed by atoms with E-state index in [9.17, 15) is 14.4 Å². The van der Waals surface area contributed by atoms with Crippen LogP contribution in [-0.4, -0.2) is 48.6 Å². The van der Waals surface area contributed by atoms with E-state index in [2.05, 4.69) is 20.6 Å². The lowest BCUT2D eigenvalue weighted by Crippen LogP contribution is -2.52. The van der Waals surface area contributed by atoms with E-state index in [0.29, 0.717) is 34.5 Å². The molecule has 3 aromatic rings. The zero-order valence-electron chi connectivity index (χ0n) is 16.1. The first-order valence-corrected chi connectivity index (χ1v) is 9.59. The lowest BCUT2D eigenvalue weighted by molar-refractivity contribution is -0.136. The van der Waals surface area contributed by atoms with Gasteiger partial charge >= 0.3 is 0 Å². The highest BCUT2D eigenvalue weighted by atomic mass is 16.2. The van der Waals surface area contributed by atoms with Gasteiger partial charge in [-0.25, -0.2) is 4.68 Å². The number of pyridine rings is 1. The number of amides is 3. The van der Waals surface area contributed by atoms with Crippen LogP contribution in [0.4, 0.5) is 0 Å². The second kappa shape index (κ2) is 7.14. The number of imide groups is 1. The molecular formula is C21H15N7O3. The zero-order valence-corrected chi connectivity index (χ0v) is 16.1. The van der Waals surface area contributed by atoms with Gasteiger partial charge in [0.15, 0.2) is 0 Å². The zero-order chi connectivity index (χ0) is 21.5. The lowest BCUT2D eigenvalue weighted by atomic mass is 10.0. The van der Waals surface area contributed by atoms with Crippen molar-refractivity contribution in [1.82, 2.24) is 30.2 Å². The van der Waals surface area contributed by atoms with E-state index in [1.54, 1.807) is 35.3 Å². The van der Waals surface area contributed by atoms with E-state index in [4.69, 9.17) is 5.26 Å². The van der Waals surface area contributed by atoms with Crippen molar-refractivity contribution in [2.75, 3.05) is 0 Å². The molecule has 1 unspecified atom stereocenters. The van der Waals surface area contributed by atoms with Crippen molar-refractivity contribution in [3.63, 3.8) is 0 Å². The number of nitrogens with one attached hydrogen (secondary N) is 1. The molecular weight excluding hydrogens is 398 g/mol. The number of benzene rings is 1. The molecule has 1 fully saturated rings. The summed E-state index contributed by atoms with van der Waals surface area (Å²) in [6.45, 7) is 0.282. The number of piperidine rings is 1. The van der Waals surface area contributed by atoms with Gasteiger partial charge in [0.05, 0.1) is 17.4 Å². The minimum absolute atomic E-state index is 0.214. The monoisotopic (exact) mass is 413 g/mol. The smallest absolute Gasteiger partial charge is 0.255 e. The van der Waals surface area contributed by atoms with Gasteiger partial charge in [-0.3, -0.25) is 24.7 Å². The fourth-order valence-electron chi connectivity index (χ4n) is 3.87.